The smallest absolute Gasteiger partial charge is 0.211 e. The van der Waals surface area contributed by atoms with E-state index in [0.717, 1.165) is 11.3 Å². The van der Waals surface area contributed by atoms with Gasteiger partial charge in [-0.25, -0.2) is 4.99 Å². The number of hydrogen-bond acceptors (Lipinski definition) is 3. The number of nitrogens with one attached hydrogen (secondary N) is 2. The van der Waals surface area contributed by atoms with Gasteiger partial charge in [0.2, 0.25) is 5.12 Å². The van der Waals surface area contributed by atoms with Crippen molar-refractivity contribution < 1.29 is 0 Å². The van der Waals surface area contributed by atoms with E-state index < -0.39 is 5.12 Å². The second-order valence-electron chi connectivity index (χ2n) is 4.56. The standard InChI is InChI=1S/C13H13Cl4N3/c1-7-6-13(17,20-12(16)18-7)19-8(2)10-4-3-9(14)5-11(10)15/h3-6,8,19H,1-2H3,(H,18,20)/t8?,13-/m1/s1. The predicted molar refractivity (Wildman–Crippen MR) is 86.8 cm³/mol. The number of hydrogen-bond donors (Lipinski definition) is 2. The number of allylic oxidation sites excluding steroid dienone is 1. The Balaban J connectivity index is 2.23. The Labute approximate surface area is 137 Å². The summed E-state index contributed by atoms with van der Waals surface area (Å²) in [6, 6.07) is 5.19. The summed E-state index contributed by atoms with van der Waals surface area (Å²) in [5.41, 5.74) is 1.70. The Kier molecular flexibility index (Phi) is 4.88. The number of halogens is 4. The van der Waals surface area contributed by atoms with E-state index in [-0.39, 0.29) is 11.3 Å². The predicted octanol–water partition coefficient (Wildman–Crippen LogP) is 4.64. The van der Waals surface area contributed by atoms with E-state index in [4.69, 9.17) is 46.4 Å². The van der Waals surface area contributed by atoms with Crippen LogP contribution in [0.15, 0.2) is 35.0 Å². The lowest BCUT2D eigenvalue weighted by atomic mass is 10.1. The third-order valence-electron chi connectivity index (χ3n) is 2.82. The summed E-state index contributed by atoms with van der Waals surface area (Å²) >= 11 is 24.4. The highest BCUT2D eigenvalue weighted by Crippen LogP contribution is 2.30. The van der Waals surface area contributed by atoms with Crippen LogP contribution in [0.1, 0.15) is 25.5 Å². The van der Waals surface area contributed by atoms with Gasteiger partial charge in [-0.05, 0) is 49.2 Å². The average Bonchev–Trinajstić information content (AvgIpc) is 2.25. The summed E-state index contributed by atoms with van der Waals surface area (Å²) in [7, 11) is 0. The second-order valence-corrected chi connectivity index (χ2v) is 6.34. The molecule has 20 heavy (non-hydrogen) atoms. The first kappa shape index (κ1) is 15.9. The molecule has 1 unspecified atom stereocenters. The maximum Gasteiger partial charge on any atom is 0.211 e. The van der Waals surface area contributed by atoms with Crippen molar-refractivity contribution in [2.24, 2.45) is 4.99 Å². The molecule has 108 valence electrons. The van der Waals surface area contributed by atoms with Crippen molar-refractivity contribution in [3.63, 3.8) is 0 Å². The van der Waals surface area contributed by atoms with E-state index in [2.05, 4.69) is 15.6 Å². The van der Waals surface area contributed by atoms with Gasteiger partial charge in [-0.1, -0.05) is 40.9 Å². The molecular formula is C13H13Cl4N3. The highest BCUT2D eigenvalue weighted by Gasteiger charge is 2.30. The van der Waals surface area contributed by atoms with Gasteiger partial charge in [0.05, 0.1) is 0 Å². The van der Waals surface area contributed by atoms with Crippen LogP contribution in [0.4, 0.5) is 0 Å². The van der Waals surface area contributed by atoms with Gasteiger partial charge in [-0.3, -0.25) is 5.32 Å². The van der Waals surface area contributed by atoms with Crippen LogP contribution < -0.4 is 10.6 Å². The summed E-state index contributed by atoms with van der Waals surface area (Å²) in [6.07, 6.45) is 1.75. The largest absolute Gasteiger partial charge is 0.335 e. The highest BCUT2D eigenvalue weighted by molar-refractivity contribution is 6.65. The minimum Gasteiger partial charge on any atom is -0.335 e. The molecule has 1 aromatic rings. The lowest BCUT2D eigenvalue weighted by Crippen LogP contribution is -2.43. The van der Waals surface area contributed by atoms with Gasteiger partial charge in [-0.2, -0.15) is 0 Å². The van der Waals surface area contributed by atoms with Crippen LogP contribution in [0.2, 0.25) is 10.0 Å². The molecule has 7 heteroatoms. The maximum absolute atomic E-state index is 6.42. The molecule has 0 radical (unpaired) electrons. The maximum atomic E-state index is 6.42. The number of benzene rings is 1. The SMILES string of the molecule is CC1=C[C@@](Cl)(NC(C)c2ccc(Cl)cc2Cl)N=C(Cl)N1. The number of alkyl halides is 1. The molecule has 1 aromatic carbocycles. The van der Waals surface area contributed by atoms with E-state index in [1.807, 2.05) is 19.9 Å². The number of nitrogens with zero attached hydrogens (tertiary/aromatic N) is 1. The molecule has 0 spiro atoms. The molecule has 2 rings (SSSR count). The second kappa shape index (κ2) is 6.12. The van der Waals surface area contributed by atoms with Gasteiger partial charge in [0, 0.05) is 21.8 Å². The zero-order valence-corrected chi connectivity index (χ0v) is 13.9. The third kappa shape index (κ3) is 3.80. The monoisotopic (exact) mass is 351 g/mol. The Morgan fingerprint density at radius 3 is 2.60 bits per heavy atom. The van der Waals surface area contributed by atoms with E-state index in [1.54, 1.807) is 18.2 Å². The number of rotatable bonds is 3. The lowest BCUT2D eigenvalue weighted by Gasteiger charge is -2.29. The van der Waals surface area contributed by atoms with Crippen molar-refractivity contribution in [2.75, 3.05) is 0 Å². The summed E-state index contributed by atoms with van der Waals surface area (Å²) < 4.78 is 0. The molecule has 0 bridgehead atoms. The third-order valence-corrected chi connectivity index (χ3v) is 3.86. The Hall–Kier alpha value is -0.450. The molecule has 1 aliphatic heterocycles. The molecule has 3 nitrogen and oxygen atoms in total. The molecule has 0 fully saturated rings. The molecule has 2 N–H and O–H groups in total. The average molecular weight is 353 g/mol. The molecule has 1 aliphatic rings. The summed E-state index contributed by atoms with van der Waals surface area (Å²) in [6.45, 7) is 3.80. The van der Waals surface area contributed by atoms with Crippen molar-refractivity contribution in [3.05, 3.63) is 45.6 Å². The lowest BCUT2D eigenvalue weighted by molar-refractivity contribution is 0.476. The van der Waals surface area contributed by atoms with Gasteiger partial charge < -0.3 is 5.32 Å². The van der Waals surface area contributed by atoms with E-state index in [0.29, 0.717) is 10.0 Å². The van der Waals surface area contributed by atoms with Crippen molar-refractivity contribution in [1.82, 2.24) is 10.6 Å². The first-order valence-corrected chi connectivity index (χ1v) is 7.44. The minimum atomic E-state index is -1.10. The Morgan fingerprint density at radius 2 is 2.00 bits per heavy atom. The Morgan fingerprint density at radius 1 is 1.30 bits per heavy atom. The van der Waals surface area contributed by atoms with E-state index in [1.165, 1.54) is 0 Å². The summed E-state index contributed by atoms with van der Waals surface area (Å²) in [5.74, 6) is 0. The first-order chi connectivity index (χ1) is 9.29. The van der Waals surface area contributed by atoms with Crippen LogP contribution in [0, 0.1) is 0 Å². The molecule has 2 atom stereocenters. The van der Waals surface area contributed by atoms with Gasteiger partial charge in [0.25, 0.3) is 0 Å². The molecule has 0 saturated heterocycles. The Bertz CT molecular complexity index is 565. The van der Waals surface area contributed by atoms with Crippen LogP contribution >= 0.6 is 46.4 Å². The highest BCUT2D eigenvalue weighted by atomic mass is 35.5. The fourth-order valence-electron chi connectivity index (χ4n) is 2.00. The van der Waals surface area contributed by atoms with E-state index in [9.17, 15) is 0 Å². The molecule has 0 amide bonds. The van der Waals surface area contributed by atoms with Gasteiger partial charge in [-0.15, -0.1) is 0 Å². The van der Waals surface area contributed by atoms with Crippen LogP contribution in [0.5, 0.6) is 0 Å². The summed E-state index contributed by atoms with van der Waals surface area (Å²) in [4.78, 5) is 4.16. The van der Waals surface area contributed by atoms with Crippen molar-refractivity contribution in [2.45, 2.75) is 25.0 Å². The van der Waals surface area contributed by atoms with Gasteiger partial charge in [0.15, 0.2) is 5.29 Å². The van der Waals surface area contributed by atoms with Gasteiger partial charge >= 0.3 is 0 Å². The van der Waals surface area contributed by atoms with Crippen LogP contribution in [-0.4, -0.2) is 10.4 Å². The van der Waals surface area contributed by atoms with E-state index >= 15 is 0 Å². The van der Waals surface area contributed by atoms with Crippen LogP contribution in [0.3, 0.4) is 0 Å². The summed E-state index contributed by atoms with van der Waals surface area (Å²) in [5, 5.41) is 6.35. The minimum absolute atomic E-state index is 0.132. The topological polar surface area (TPSA) is 36.4 Å². The normalized spacial score (nSPS) is 23.7. The quantitative estimate of drug-likeness (QED) is 0.614. The molecule has 1 heterocycles. The van der Waals surface area contributed by atoms with Crippen molar-refractivity contribution >= 4 is 51.7 Å². The first-order valence-electron chi connectivity index (χ1n) is 5.92. The van der Waals surface area contributed by atoms with Crippen molar-refractivity contribution in [3.8, 4) is 0 Å². The zero-order valence-electron chi connectivity index (χ0n) is 10.8. The molecule has 0 aromatic heterocycles. The molecule has 0 saturated carbocycles. The van der Waals surface area contributed by atoms with Gasteiger partial charge in [0.1, 0.15) is 0 Å². The molecule has 0 aliphatic carbocycles. The number of aliphatic imine (C=N–C) groups is 1. The van der Waals surface area contributed by atoms with Crippen LogP contribution in [0.25, 0.3) is 0 Å². The molecular weight excluding hydrogens is 340 g/mol. The number of amidine groups is 1. The fraction of sp³-hybridized carbons (Fsp3) is 0.308. The zero-order chi connectivity index (χ0) is 14.9. The fourth-order valence-corrected chi connectivity index (χ4v) is 3.31. The van der Waals surface area contributed by atoms with Crippen LogP contribution in [-0.2, 0) is 0 Å². The van der Waals surface area contributed by atoms with Crippen molar-refractivity contribution in [1.29, 1.82) is 0 Å².